The number of aromatic nitrogens is 4. The first-order valence-electron chi connectivity index (χ1n) is 16.5. The molecule has 0 bridgehead atoms. The summed E-state index contributed by atoms with van der Waals surface area (Å²) in [4.78, 5) is 62.0. The van der Waals surface area contributed by atoms with Gasteiger partial charge in [-0.3, -0.25) is 15.0 Å². The van der Waals surface area contributed by atoms with Crippen molar-refractivity contribution in [3.8, 4) is 17.2 Å². The molecule has 2 aromatic heterocycles. The van der Waals surface area contributed by atoms with E-state index in [9.17, 15) is 32.7 Å². The summed E-state index contributed by atoms with van der Waals surface area (Å²) in [6, 6.07) is 18.6. The Balaban J connectivity index is 1.37. The number of anilines is 1. The number of carbonyl (C=O) groups excluding carboxylic acids is 2. The number of hydrogen-bond acceptors (Lipinski definition) is 8. The van der Waals surface area contributed by atoms with Crippen LogP contribution in [0.3, 0.4) is 0 Å². The fraction of sp³-hybridized carbons (Fsp3) is 0.216. The van der Waals surface area contributed by atoms with Gasteiger partial charge in [0.2, 0.25) is 0 Å². The van der Waals surface area contributed by atoms with Gasteiger partial charge in [-0.25, -0.2) is 28.5 Å². The summed E-state index contributed by atoms with van der Waals surface area (Å²) in [6.07, 6.45) is -2.66. The van der Waals surface area contributed by atoms with Gasteiger partial charge in [0.1, 0.15) is 11.5 Å². The Morgan fingerprint density at radius 2 is 1.69 bits per heavy atom. The van der Waals surface area contributed by atoms with E-state index >= 15 is 4.79 Å². The van der Waals surface area contributed by atoms with Gasteiger partial charge in [0.05, 0.1) is 47.3 Å². The highest BCUT2D eigenvalue weighted by Gasteiger charge is 2.69. The number of aromatic hydroxyl groups is 1. The predicted octanol–water partition coefficient (Wildman–Crippen LogP) is 5.85. The van der Waals surface area contributed by atoms with Gasteiger partial charge in [-0.15, -0.1) is 0 Å². The Morgan fingerprint density at radius 1 is 0.963 bits per heavy atom. The van der Waals surface area contributed by atoms with Crippen molar-refractivity contribution in [1.29, 1.82) is 0 Å². The van der Waals surface area contributed by atoms with Crippen molar-refractivity contribution in [2.45, 2.75) is 36.5 Å². The Morgan fingerprint density at radius 3 is 2.35 bits per heavy atom. The fourth-order valence-electron chi connectivity index (χ4n) is 8.13. The second-order valence-electron chi connectivity index (χ2n) is 13.0. The topological polar surface area (TPSA) is 141 Å². The first-order chi connectivity index (χ1) is 25.8. The second kappa shape index (κ2) is 12.7. The number of fused-ring (bicyclic) bond motifs is 4. The highest BCUT2D eigenvalue weighted by molar-refractivity contribution is 6.33. The van der Waals surface area contributed by atoms with Gasteiger partial charge in [-0.05, 0) is 54.0 Å². The third-order valence-corrected chi connectivity index (χ3v) is 10.9. The zero-order chi connectivity index (χ0) is 38.3. The fourth-order valence-corrected chi connectivity index (χ4v) is 8.46. The van der Waals surface area contributed by atoms with Crippen molar-refractivity contribution in [2.75, 3.05) is 12.5 Å². The van der Waals surface area contributed by atoms with Crippen LogP contribution in [0.15, 0.2) is 106 Å². The summed E-state index contributed by atoms with van der Waals surface area (Å²) >= 11 is 12.6. The number of imide groups is 1. The first kappa shape index (κ1) is 35.2. The number of rotatable bonds is 6. The van der Waals surface area contributed by atoms with E-state index in [0.717, 1.165) is 4.57 Å². The minimum Gasteiger partial charge on any atom is -0.508 e. The largest absolute Gasteiger partial charge is 0.508 e. The lowest BCUT2D eigenvalue weighted by molar-refractivity contribution is -0.139. The van der Waals surface area contributed by atoms with Gasteiger partial charge in [0.15, 0.2) is 5.82 Å². The number of hydrazine groups is 1. The summed E-state index contributed by atoms with van der Waals surface area (Å²) in [7, 11) is 1.37. The first-order valence-corrected chi connectivity index (χ1v) is 17.2. The van der Waals surface area contributed by atoms with Crippen LogP contribution < -0.4 is 21.5 Å². The van der Waals surface area contributed by atoms with E-state index in [-0.39, 0.29) is 24.5 Å². The lowest BCUT2D eigenvalue weighted by Gasteiger charge is -2.49. The number of allylic oxidation sites excluding steroid dienone is 2. The van der Waals surface area contributed by atoms with Crippen LogP contribution in [0.5, 0.6) is 11.5 Å². The average Bonchev–Trinajstić information content (AvgIpc) is 3.53. The third-order valence-electron chi connectivity index (χ3n) is 10.4. The minimum atomic E-state index is -4.76. The number of amides is 2. The number of nitrogens with one attached hydrogen (secondary N) is 1. The number of para-hydroxylation sites is 1. The number of pyridine rings is 1. The van der Waals surface area contributed by atoms with Crippen LogP contribution in [0.25, 0.3) is 5.69 Å². The SMILES string of the molecule is COc1cc(O)ccc1[C@H]1C2=CCn3c(=O)n(-c4ccccc4)c(=O)n3[C@@H]2C[C@H]2C(=O)N(Nc3ncc(C(F)(F)F)cc3Cl)C(=O)[C@@]12c1ccc(Cl)cc1. The number of hydrogen-bond donors (Lipinski definition) is 2. The average molecular weight is 780 g/mol. The quantitative estimate of drug-likeness (QED) is 0.162. The van der Waals surface area contributed by atoms with Crippen molar-refractivity contribution in [1.82, 2.24) is 23.9 Å². The number of methoxy groups -OCH3 is 1. The third kappa shape index (κ3) is 5.16. The van der Waals surface area contributed by atoms with E-state index in [0.29, 0.717) is 44.7 Å². The summed E-state index contributed by atoms with van der Waals surface area (Å²) in [6.45, 7) is -0.0762. The van der Waals surface area contributed by atoms with E-state index in [1.807, 2.05) is 0 Å². The molecule has 2 aliphatic heterocycles. The summed E-state index contributed by atoms with van der Waals surface area (Å²) < 4.78 is 49.7. The molecule has 0 unspecified atom stereocenters. The van der Waals surface area contributed by atoms with Crippen LogP contribution in [0.1, 0.15) is 35.1 Å². The molecule has 0 spiro atoms. The van der Waals surface area contributed by atoms with Crippen molar-refractivity contribution in [3.05, 3.63) is 144 Å². The molecule has 3 aromatic carbocycles. The zero-order valence-electron chi connectivity index (χ0n) is 27.9. The number of nitrogens with zero attached hydrogens (tertiary/aromatic N) is 5. The standard InChI is InChI=1S/C37H27Cl2F3N6O6/c1-54-29-16-23(49)11-12-25(29)30-24-13-14-45-34(52)46(22-5-3-2-4-6-22)35(53)48(45)28(24)17-26-32(50)47(33(51)36(26,30)19-7-9-21(38)10-8-19)44-31-27(39)15-20(18-43-31)37(40,41)42/h2-13,15-16,18,26,28,30,49H,14,17H2,1H3,(H,43,44)/t26-,28+,30+,36+/m0/s1. The maximum Gasteiger partial charge on any atom is 0.417 e. The van der Waals surface area contributed by atoms with Crippen LogP contribution in [0, 0.1) is 5.92 Å². The molecule has 17 heteroatoms. The molecule has 5 aromatic rings. The summed E-state index contributed by atoms with van der Waals surface area (Å²) in [5.74, 6) is -4.36. The van der Waals surface area contributed by atoms with Crippen molar-refractivity contribution in [2.24, 2.45) is 5.92 Å². The van der Waals surface area contributed by atoms with Gasteiger partial charge in [-0.2, -0.15) is 18.2 Å². The molecule has 276 valence electrons. The Labute approximate surface area is 313 Å². The monoisotopic (exact) mass is 778 g/mol. The normalized spacial score (nSPS) is 22.0. The van der Waals surface area contributed by atoms with Crippen molar-refractivity contribution < 1.29 is 32.6 Å². The molecule has 54 heavy (non-hydrogen) atoms. The molecule has 12 nitrogen and oxygen atoms in total. The Kier molecular flexibility index (Phi) is 8.26. The number of carbonyl (C=O) groups is 2. The number of alkyl halides is 3. The van der Waals surface area contributed by atoms with Crippen LogP contribution in [-0.2, 0) is 27.7 Å². The number of phenolic OH excluding ortho intramolecular Hbond substituents is 1. The Hall–Kier alpha value is -5.80. The molecule has 3 aliphatic rings. The Bertz CT molecular complexity index is 2520. The smallest absolute Gasteiger partial charge is 0.417 e. The number of halogens is 5. The van der Waals surface area contributed by atoms with Crippen LogP contribution in [-0.4, -0.2) is 48.0 Å². The predicted molar refractivity (Wildman–Crippen MR) is 190 cm³/mol. The van der Waals surface area contributed by atoms with Gasteiger partial charge in [-0.1, -0.05) is 65.7 Å². The van der Waals surface area contributed by atoms with E-state index in [4.69, 9.17) is 27.9 Å². The van der Waals surface area contributed by atoms with Crippen LogP contribution in [0.4, 0.5) is 19.0 Å². The van der Waals surface area contributed by atoms with E-state index in [2.05, 4.69) is 10.4 Å². The molecule has 2 fully saturated rings. The number of ether oxygens (including phenoxy) is 1. The maximum absolute atomic E-state index is 15.3. The van der Waals surface area contributed by atoms with E-state index in [1.54, 1.807) is 66.7 Å². The van der Waals surface area contributed by atoms with Gasteiger partial charge < -0.3 is 9.84 Å². The molecule has 2 amide bonds. The maximum atomic E-state index is 15.3. The molecule has 1 saturated heterocycles. The van der Waals surface area contributed by atoms with Gasteiger partial charge in [0.25, 0.3) is 11.8 Å². The van der Waals surface area contributed by atoms with Crippen LogP contribution >= 0.6 is 23.2 Å². The molecular weight excluding hydrogens is 752 g/mol. The molecule has 1 aliphatic carbocycles. The van der Waals surface area contributed by atoms with E-state index < -0.39 is 69.1 Å². The lowest BCUT2D eigenvalue weighted by Crippen LogP contribution is -2.53. The molecular formula is C37H27Cl2F3N6O6. The minimum absolute atomic E-state index is 0.0762. The molecule has 8 rings (SSSR count). The number of benzene rings is 3. The molecule has 4 atom stereocenters. The lowest BCUT2D eigenvalue weighted by atomic mass is 9.53. The molecule has 0 radical (unpaired) electrons. The zero-order valence-corrected chi connectivity index (χ0v) is 29.4. The van der Waals surface area contributed by atoms with Crippen molar-refractivity contribution in [3.63, 3.8) is 0 Å². The second-order valence-corrected chi connectivity index (χ2v) is 13.9. The number of phenols is 1. The summed E-state index contributed by atoms with van der Waals surface area (Å²) in [5.41, 5.74) is -0.109. The molecule has 2 N–H and O–H groups in total. The van der Waals surface area contributed by atoms with Gasteiger partial charge in [0, 0.05) is 28.8 Å². The molecule has 4 heterocycles. The summed E-state index contributed by atoms with van der Waals surface area (Å²) in [5, 5.41) is 11.0. The van der Waals surface area contributed by atoms with Crippen molar-refractivity contribution >= 4 is 40.8 Å². The molecule has 1 saturated carbocycles. The highest BCUT2D eigenvalue weighted by atomic mass is 35.5. The van der Waals surface area contributed by atoms with Gasteiger partial charge >= 0.3 is 17.6 Å². The highest BCUT2D eigenvalue weighted by Crippen LogP contribution is 2.63. The van der Waals surface area contributed by atoms with E-state index in [1.165, 1.54) is 28.6 Å². The van der Waals surface area contributed by atoms with Crippen LogP contribution in [0.2, 0.25) is 10.0 Å².